The molecule has 0 atom stereocenters. The van der Waals surface area contributed by atoms with E-state index in [9.17, 15) is 5.11 Å². The Balaban J connectivity index is 2.82. The van der Waals surface area contributed by atoms with E-state index < -0.39 is 0 Å². The molecule has 2 heteroatoms. The molecule has 0 saturated heterocycles. The molecule has 12 heavy (non-hydrogen) atoms. The zero-order chi connectivity index (χ0) is 8.55. The molecule has 0 bridgehead atoms. The van der Waals surface area contributed by atoms with E-state index in [0.29, 0.717) is 12.3 Å². The van der Waals surface area contributed by atoms with Gasteiger partial charge >= 0.3 is 0 Å². The van der Waals surface area contributed by atoms with Crippen LogP contribution in [-0.4, -0.2) is 9.67 Å². The first-order valence-electron chi connectivity index (χ1n) is 3.89. The van der Waals surface area contributed by atoms with Crippen molar-refractivity contribution in [3.8, 4) is 5.75 Å². The van der Waals surface area contributed by atoms with Crippen molar-refractivity contribution >= 4 is 10.9 Å². The van der Waals surface area contributed by atoms with Gasteiger partial charge in [0.25, 0.3) is 0 Å². The van der Waals surface area contributed by atoms with Crippen LogP contribution in [0.3, 0.4) is 0 Å². The van der Waals surface area contributed by atoms with Crippen molar-refractivity contribution in [1.29, 1.82) is 0 Å². The molecule has 61 valence electrons. The number of hydrogen-bond donors (Lipinski definition) is 1. The predicted molar refractivity (Wildman–Crippen MR) is 49.0 cm³/mol. The number of hydrogen-bond acceptors (Lipinski definition) is 1. The van der Waals surface area contributed by atoms with Gasteiger partial charge in [0.15, 0.2) is 0 Å². The Bertz CT molecular complexity index is 403. The highest BCUT2D eigenvalue weighted by atomic mass is 16.3. The second-order valence-corrected chi connectivity index (χ2v) is 2.72. The van der Waals surface area contributed by atoms with Gasteiger partial charge in [-0.1, -0.05) is 12.1 Å². The molecule has 0 aliphatic carbocycles. The maximum Gasteiger partial charge on any atom is 0.141 e. The quantitative estimate of drug-likeness (QED) is 0.679. The molecule has 0 aliphatic rings. The Kier molecular flexibility index (Phi) is 1.54. The Hall–Kier alpha value is -1.44. The minimum Gasteiger partial charge on any atom is -0.506 e. The fourth-order valence-corrected chi connectivity index (χ4v) is 1.41. The molecular formula is C10H10NO. The average molecular weight is 160 g/mol. The first-order chi connectivity index (χ1) is 5.83. The lowest BCUT2D eigenvalue weighted by atomic mass is 10.2. The number of benzene rings is 1. The highest BCUT2D eigenvalue weighted by Gasteiger charge is 2.03. The molecule has 0 spiro atoms. The molecule has 2 rings (SSSR count). The summed E-state index contributed by atoms with van der Waals surface area (Å²) in [7, 11) is 0. The van der Waals surface area contributed by atoms with Gasteiger partial charge in [0.1, 0.15) is 5.75 Å². The van der Waals surface area contributed by atoms with E-state index in [0.717, 1.165) is 10.9 Å². The topological polar surface area (TPSA) is 25.2 Å². The van der Waals surface area contributed by atoms with Gasteiger partial charge < -0.3 is 9.67 Å². The summed E-state index contributed by atoms with van der Waals surface area (Å²) in [5.74, 6) is 0.328. The number of aromatic nitrogens is 1. The van der Waals surface area contributed by atoms with Crippen molar-refractivity contribution in [2.24, 2.45) is 0 Å². The fraction of sp³-hybridized carbons (Fsp3) is 0.100. The maximum absolute atomic E-state index is 9.47. The van der Waals surface area contributed by atoms with Gasteiger partial charge in [-0.3, -0.25) is 0 Å². The fourth-order valence-electron chi connectivity index (χ4n) is 1.41. The third kappa shape index (κ3) is 0.881. The van der Waals surface area contributed by atoms with Crippen LogP contribution in [0.4, 0.5) is 0 Å². The minimum absolute atomic E-state index is 0.328. The summed E-state index contributed by atoms with van der Waals surface area (Å²) >= 11 is 0. The van der Waals surface area contributed by atoms with Crippen LogP contribution in [0.15, 0.2) is 30.5 Å². The van der Waals surface area contributed by atoms with E-state index in [-0.39, 0.29) is 0 Å². The Morgan fingerprint density at radius 2 is 2.08 bits per heavy atom. The number of rotatable bonds is 1. The molecule has 1 aromatic carbocycles. The van der Waals surface area contributed by atoms with Gasteiger partial charge in [-0.05, 0) is 19.1 Å². The van der Waals surface area contributed by atoms with Gasteiger partial charge in [0.05, 0.1) is 5.52 Å². The summed E-state index contributed by atoms with van der Waals surface area (Å²) in [6.45, 7) is 4.41. The summed E-state index contributed by atoms with van der Waals surface area (Å²) < 4.78 is 1.92. The van der Waals surface area contributed by atoms with Crippen LogP contribution < -0.4 is 0 Å². The van der Waals surface area contributed by atoms with Crippen molar-refractivity contribution in [1.82, 2.24) is 4.57 Å². The average Bonchev–Trinajstić information content (AvgIpc) is 2.44. The molecule has 1 N–H and O–H groups in total. The lowest BCUT2D eigenvalue weighted by Crippen LogP contribution is -1.89. The first kappa shape index (κ1) is 7.22. The molecule has 0 amide bonds. The molecule has 1 aromatic heterocycles. The third-order valence-electron chi connectivity index (χ3n) is 2.01. The van der Waals surface area contributed by atoms with Crippen LogP contribution in [0.25, 0.3) is 10.9 Å². The second kappa shape index (κ2) is 2.55. The molecule has 2 nitrogen and oxygen atoms in total. The van der Waals surface area contributed by atoms with E-state index >= 15 is 0 Å². The van der Waals surface area contributed by atoms with Crippen LogP contribution in [0.1, 0.15) is 0 Å². The lowest BCUT2D eigenvalue weighted by molar-refractivity contribution is 0.479. The van der Waals surface area contributed by atoms with Crippen LogP contribution in [0, 0.1) is 6.92 Å². The van der Waals surface area contributed by atoms with Gasteiger partial charge in [0.2, 0.25) is 0 Å². The molecule has 0 aliphatic heterocycles. The molecule has 0 fully saturated rings. The second-order valence-electron chi connectivity index (χ2n) is 2.72. The van der Waals surface area contributed by atoms with Crippen molar-refractivity contribution in [2.45, 2.75) is 6.54 Å². The van der Waals surface area contributed by atoms with Crippen LogP contribution in [0.2, 0.25) is 0 Å². The number of para-hydroxylation sites is 1. The number of fused-ring (bicyclic) bond motifs is 1. The van der Waals surface area contributed by atoms with Crippen molar-refractivity contribution in [3.05, 3.63) is 37.4 Å². The Morgan fingerprint density at radius 3 is 2.83 bits per heavy atom. The highest BCUT2D eigenvalue weighted by Crippen LogP contribution is 2.25. The summed E-state index contributed by atoms with van der Waals surface area (Å²) in [5, 5.41) is 10.4. The molecule has 1 heterocycles. The van der Waals surface area contributed by atoms with E-state index in [1.54, 1.807) is 6.20 Å². The summed E-state index contributed by atoms with van der Waals surface area (Å²) in [4.78, 5) is 0. The van der Waals surface area contributed by atoms with Gasteiger partial charge in [-0.15, -0.1) is 0 Å². The molecular weight excluding hydrogens is 150 g/mol. The normalized spacial score (nSPS) is 10.8. The number of aromatic hydroxyl groups is 1. The summed E-state index contributed by atoms with van der Waals surface area (Å²) in [5.41, 5.74) is 1.03. The van der Waals surface area contributed by atoms with E-state index in [2.05, 4.69) is 6.92 Å². The maximum atomic E-state index is 9.47. The molecule has 0 saturated carbocycles. The summed E-state index contributed by atoms with van der Waals surface area (Å²) in [6, 6.07) is 7.74. The van der Waals surface area contributed by atoms with Crippen molar-refractivity contribution in [2.75, 3.05) is 0 Å². The van der Waals surface area contributed by atoms with Gasteiger partial charge in [0, 0.05) is 18.1 Å². The summed E-state index contributed by atoms with van der Waals surface area (Å²) in [6.07, 6.45) is 1.71. The molecule has 2 aromatic rings. The largest absolute Gasteiger partial charge is 0.506 e. The Morgan fingerprint density at radius 1 is 1.33 bits per heavy atom. The zero-order valence-corrected chi connectivity index (χ0v) is 6.70. The zero-order valence-electron chi connectivity index (χ0n) is 6.70. The van der Waals surface area contributed by atoms with Crippen LogP contribution >= 0.6 is 0 Å². The third-order valence-corrected chi connectivity index (χ3v) is 2.01. The highest BCUT2D eigenvalue weighted by molar-refractivity contribution is 5.86. The molecule has 0 unspecified atom stereocenters. The predicted octanol–water partition coefficient (Wildman–Crippen LogP) is 2.18. The SMILES string of the molecule is [CH2]Cn1cc(O)c2ccccc21. The van der Waals surface area contributed by atoms with E-state index in [4.69, 9.17) is 0 Å². The minimum atomic E-state index is 0.328. The smallest absolute Gasteiger partial charge is 0.141 e. The van der Waals surface area contributed by atoms with Crippen molar-refractivity contribution < 1.29 is 5.11 Å². The Labute approximate surface area is 71.1 Å². The van der Waals surface area contributed by atoms with Crippen LogP contribution in [-0.2, 0) is 6.54 Å². The van der Waals surface area contributed by atoms with Crippen molar-refractivity contribution in [3.63, 3.8) is 0 Å². The lowest BCUT2D eigenvalue weighted by Gasteiger charge is -1.97. The monoisotopic (exact) mass is 160 g/mol. The standard InChI is InChI=1S/C10H10NO/c1-2-11-7-10(12)8-5-3-4-6-9(8)11/h3-7,12H,1-2H2. The van der Waals surface area contributed by atoms with E-state index in [1.165, 1.54) is 0 Å². The van der Waals surface area contributed by atoms with Gasteiger partial charge in [-0.25, -0.2) is 0 Å². The number of nitrogens with zero attached hydrogens (tertiary/aromatic N) is 1. The van der Waals surface area contributed by atoms with E-state index in [1.807, 2.05) is 28.8 Å². The molecule has 1 radical (unpaired) electrons. The van der Waals surface area contributed by atoms with Gasteiger partial charge in [-0.2, -0.15) is 0 Å². The van der Waals surface area contributed by atoms with Crippen LogP contribution in [0.5, 0.6) is 5.75 Å². The first-order valence-corrected chi connectivity index (χ1v) is 3.89.